The number of carbonyl (C=O) groups excluding carboxylic acids is 1. The van der Waals surface area contributed by atoms with E-state index in [1.54, 1.807) is 0 Å². The van der Waals surface area contributed by atoms with Crippen LogP contribution in [0.3, 0.4) is 0 Å². The van der Waals surface area contributed by atoms with E-state index < -0.39 is 35.5 Å². The molecule has 0 fully saturated rings. The third-order valence-electron chi connectivity index (χ3n) is 2.99. The highest BCUT2D eigenvalue weighted by Crippen LogP contribution is 2.28. The molecule has 2 aromatic rings. The number of carbonyl (C=O) groups is 1. The summed E-state index contributed by atoms with van der Waals surface area (Å²) < 4.78 is 63.0. The highest BCUT2D eigenvalue weighted by Gasteiger charge is 2.31. The van der Waals surface area contributed by atoms with Gasteiger partial charge < -0.3 is 9.88 Å². The molecule has 0 aliphatic rings. The van der Waals surface area contributed by atoms with Crippen molar-refractivity contribution < 1.29 is 26.7 Å². The molecule has 0 saturated heterocycles. The van der Waals surface area contributed by atoms with Crippen LogP contribution in [0.25, 0.3) is 0 Å². The van der Waals surface area contributed by atoms with E-state index in [1.807, 2.05) is 0 Å². The fourth-order valence-corrected chi connectivity index (χ4v) is 2.40. The Bertz CT molecular complexity index is 803. The van der Waals surface area contributed by atoms with Gasteiger partial charge in [0.2, 0.25) is 5.91 Å². The number of rotatable bonds is 5. The predicted molar refractivity (Wildman–Crippen MR) is 82.6 cm³/mol. The van der Waals surface area contributed by atoms with Gasteiger partial charge >= 0.3 is 6.18 Å². The Labute approximate surface area is 142 Å². The SMILES string of the molecule is O=C(Cn1cc(C(F)(F)F)ccc1=O)Nc1ccc(SC(F)F)cc1. The van der Waals surface area contributed by atoms with Crippen molar-refractivity contribution in [3.8, 4) is 0 Å². The van der Waals surface area contributed by atoms with Gasteiger partial charge in [-0.05, 0) is 30.3 Å². The number of hydrogen-bond donors (Lipinski definition) is 1. The smallest absolute Gasteiger partial charge is 0.325 e. The van der Waals surface area contributed by atoms with Crippen molar-refractivity contribution in [1.29, 1.82) is 0 Å². The second kappa shape index (κ2) is 7.68. The third kappa shape index (κ3) is 5.59. The van der Waals surface area contributed by atoms with Gasteiger partial charge in [0.05, 0.1) is 5.56 Å². The summed E-state index contributed by atoms with van der Waals surface area (Å²) in [6.07, 6.45) is -4.07. The first-order chi connectivity index (χ1) is 11.6. The maximum absolute atomic E-state index is 12.6. The highest BCUT2D eigenvalue weighted by atomic mass is 32.2. The lowest BCUT2D eigenvalue weighted by Crippen LogP contribution is -2.28. The molecule has 10 heteroatoms. The van der Waals surface area contributed by atoms with Crippen LogP contribution >= 0.6 is 11.8 Å². The molecule has 25 heavy (non-hydrogen) atoms. The molecule has 0 atom stereocenters. The number of amides is 1. The largest absolute Gasteiger partial charge is 0.417 e. The number of aromatic nitrogens is 1. The minimum absolute atomic E-state index is 0.267. The van der Waals surface area contributed by atoms with Gasteiger partial charge in [-0.2, -0.15) is 22.0 Å². The summed E-state index contributed by atoms with van der Waals surface area (Å²) in [5.41, 5.74) is -1.54. The number of anilines is 1. The number of pyridine rings is 1. The Kier molecular flexibility index (Phi) is 5.83. The molecule has 4 nitrogen and oxygen atoms in total. The van der Waals surface area contributed by atoms with Crippen LogP contribution < -0.4 is 10.9 Å². The van der Waals surface area contributed by atoms with E-state index in [0.29, 0.717) is 33.5 Å². The summed E-state index contributed by atoms with van der Waals surface area (Å²) >= 11 is 0.336. The number of nitrogens with one attached hydrogen (secondary N) is 1. The second-order valence-electron chi connectivity index (χ2n) is 4.83. The topological polar surface area (TPSA) is 51.1 Å². The average molecular weight is 378 g/mol. The Balaban J connectivity index is 2.06. The van der Waals surface area contributed by atoms with Crippen molar-refractivity contribution in [2.45, 2.75) is 23.4 Å². The van der Waals surface area contributed by atoms with E-state index in [0.717, 1.165) is 6.07 Å². The molecular formula is C15H11F5N2O2S. The lowest BCUT2D eigenvalue weighted by Gasteiger charge is -2.11. The zero-order chi connectivity index (χ0) is 18.6. The second-order valence-corrected chi connectivity index (χ2v) is 5.90. The molecule has 1 N–H and O–H groups in total. The fourth-order valence-electron chi connectivity index (χ4n) is 1.90. The van der Waals surface area contributed by atoms with Crippen molar-refractivity contribution in [2.24, 2.45) is 0 Å². The van der Waals surface area contributed by atoms with Crippen molar-refractivity contribution in [1.82, 2.24) is 4.57 Å². The van der Waals surface area contributed by atoms with Gasteiger partial charge in [-0.25, -0.2) is 0 Å². The van der Waals surface area contributed by atoms with E-state index >= 15 is 0 Å². The summed E-state index contributed by atoms with van der Waals surface area (Å²) in [5, 5.41) is 2.38. The van der Waals surface area contributed by atoms with Crippen LogP contribution in [0.15, 0.2) is 52.3 Å². The first-order valence-corrected chi connectivity index (χ1v) is 7.65. The summed E-state index contributed by atoms with van der Waals surface area (Å²) in [4.78, 5) is 23.7. The molecule has 0 spiro atoms. The summed E-state index contributed by atoms with van der Waals surface area (Å²) in [5.74, 6) is -3.30. The molecule has 1 heterocycles. The predicted octanol–water partition coefficient (Wildman–Crippen LogP) is 3.82. The number of halogens is 5. The summed E-state index contributed by atoms with van der Waals surface area (Å²) in [6, 6.07) is 6.84. The molecule has 0 aliphatic carbocycles. The minimum atomic E-state index is -4.63. The number of alkyl halides is 5. The quantitative estimate of drug-likeness (QED) is 0.636. The first kappa shape index (κ1) is 19.0. The lowest BCUT2D eigenvalue weighted by atomic mass is 10.2. The van der Waals surface area contributed by atoms with Crippen molar-refractivity contribution in [3.05, 3.63) is 58.5 Å². The molecule has 1 aromatic carbocycles. The summed E-state index contributed by atoms with van der Waals surface area (Å²) in [7, 11) is 0. The van der Waals surface area contributed by atoms with Gasteiger partial charge in [-0.1, -0.05) is 11.8 Å². The number of hydrogen-bond acceptors (Lipinski definition) is 3. The van der Waals surface area contributed by atoms with Gasteiger partial charge in [0.1, 0.15) is 6.54 Å². The van der Waals surface area contributed by atoms with Crippen LogP contribution in [0.4, 0.5) is 27.6 Å². The number of nitrogens with zero attached hydrogens (tertiary/aromatic N) is 1. The van der Waals surface area contributed by atoms with Crippen LogP contribution in [0.1, 0.15) is 5.56 Å². The molecule has 0 aliphatic heterocycles. The van der Waals surface area contributed by atoms with Gasteiger partial charge in [-0.15, -0.1) is 0 Å². The zero-order valence-corrected chi connectivity index (χ0v) is 13.2. The molecule has 0 bridgehead atoms. The van der Waals surface area contributed by atoms with E-state index in [2.05, 4.69) is 5.32 Å². The normalized spacial score (nSPS) is 11.6. The maximum atomic E-state index is 12.6. The molecule has 134 valence electrons. The van der Waals surface area contributed by atoms with Crippen molar-refractivity contribution >= 4 is 23.4 Å². The number of thioether (sulfide) groups is 1. The standard InChI is InChI=1S/C15H11F5N2O2S/c16-14(17)25-11-4-2-10(3-5-11)21-12(23)8-22-7-9(15(18,19)20)1-6-13(22)24/h1-7,14H,8H2,(H,21,23). The fraction of sp³-hybridized carbons (Fsp3) is 0.200. The monoisotopic (exact) mass is 378 g/mol. The zero-order valence-electron chi connectivity index (χ0n) is 12.4. The van der Waals surface area contributed by atoms with Crippen LogP contribution in [0, 0.1) is 0 Å². The molecule has 0 saturated carbocycles. The Morgan fingerprint density at radius 3 is 2.32 bits per heavy atom. The molecule has 0 radical (unpaired) electrons. The molecule has 1 aromatic heterocycles. The van der Waals surface area contributed by atoms with Crippen LogP contribution in [0.5, 0.6) is 0 Å². The molecule has 2 rings (SSSR count). The van der Waals surface area contributed by atoms with E-state index in [1.165, 1.54) is 24.3 Å². The van der Waals surface area contributed by atoms with Gasteiger partial charge in [0.15, 0.2) is 0 Å². The maximum Gasteiger partial charge on any atom is 0.417 e. The van der Waals surface area contributed by atoms with Crippen LogP contribution in [-0.2, 0) is 17.5 Å². The third-order valence-corrected chi connectivity index (χ3v) is 3.71. The molecule has 0 unspecified atom stereocenters. The first-order valence-electron chi connectivity index (χ1n) is 6.77. The van der Waals surface area contributed by atoms with Crippen LogP contribution in [0.2, 0.25) is 0 Å². The minimum Gasteiger partial charge on any atom is -0.325 e. The van der Waals surface area contributed by atoms with Gasteiger partial charge in [-0.3, -0.25) is 9.59 Å². The summed E-state index contributed by atoms with van der Waals surface area (Å²) in [6.45, 7) is -0.615. The van der Waals surface area contributed by atoms with E-state index in [9.17, 15) is 31.5 Å². The average Bonchev–Trinajstić information content (AvgIpc) is 2.50. The highest BCUT2D eigenvalue weighted by molar-refractivity contribution is 7.99. The Hall–Kier alpha value is -2.36. The molecular weight excluding hydrogens is 367 g/mol. The van der Waals surface area contributed by atoms with Crippen molar-refractivity contribution in [3.63, 3.8) is 0 Å². The molecule has 1 amide bonds. The van der Waals surface area contributed by atoms with Crippen molar-refractivity contribution in [2.75, 3.05) is 5.32 Å². The Morgan fingerprint density at radius 2 is 1.76 bits per heavy atom. The van der Waals surface area contributed by atoms with Gasteiger partial charge in [0.25, 0.3) is 11.3 Å². The van der Waals surface area contributed by atoms with E-state index in [-0.39, 0.29) is 5.69 Å². The lowest BCUT2D eigenvalue weighted by molar-refractivity contribution is -0.138. The van der Waals surface area contributed by atoms with E-state index in [4.69, 9.17) is 0 Å². The number of benzene rings is 1. The van der Waals surface area contributed by atoms with Gasteiger partial charge in [0, 0.05) is 22.8 Å². The van der Waals surface area contributed by atoms with Crippen LogP contribution in [-0.4, -0.2) is 16.2 Å². The Morgan fingerprint density at radius 1 is 1.12 bits per heavy atom.